The van der Waals surface area contributed by atoms with Crippen LogP contribution < -0.4 is 16.4 Å². The summed E-state index contributed by atoms with van der Waals surface area (Å²) in [5, 5.41) is 13.8. The van der Waals surface area contributed by atoms with Gasteiger partial charge in [0, 0.05) is 27.8 Å². The van der Waals surface area contributed by atoms with E-state index in [1.807, 2.05) is 13.8 Å². The Bertz CT molecular complexity index is 893. The van der Waals surface area contributed by atoms with Crippen LogP contribution >= 0.6 is 0 Å². The number of aliphatic carboxylic acids is 1. The molecule has 1 heterocycles. The number of nitrogens with one attached hydrogen (secondary N) is 2. The number of likely N-dealkylation sites (N-methyl/N-ethyl adjacent to an activating group) is 1. The number of likely N-dealkylation sites (tertiary alicyclic amines) is 1. The molecule has 5 N–H and O–H groups in total. The SMILES string of the molecule is CC[C@H](C)[C@@H]([C@@H](CC(=O)N1CCC[C@H]1[C@H](OC)[C@@H](C)C(=O)NCC(=O)O)OC)N(C)C(=O)CNC(=O)C(C)(C)N. The Morgan fingerprint density at radius 1 is 1.10 bits per heavy atom. The summed E-state index contributed by atoms with van der Waals surface area (Å²) >= 11 is 0. The van der Waals surface area contributed by atoms with Gasteiger partial charge in [0.1, 0.15) is 6.54 Å². The van der Waals surface area contributed by atoms with Crippen molar-refractivity contribution in [3.8, 4) is 0 Å². The second kappa shape index (κ2) is 15.9. The summed E-state index contributed by atoms with van der Waals surface area (Å²) in [6.45, 7) is 8.45. The topological polar surface area (TPSA) is 181 Å². The molecule has 0 aromatic heterocycles. The number of carboxylic acid groups (broad SMARTS) is 1. The Kier molecular flexibility index (Phi) is 14.0. The standard InChI is InChI=1S/C27H49N5O8/c1-9-16(2)23(31(6)21(34)14-30-26(38)27(4,5)28)19(39-7)13-20(33)32-12-10-11-18(32)24(40-8)17(3)25(37)29-15-22(35)36/h16-19,23-24H,9-15,28H2,1-8H3,(H,29,37)(H,30,38)(H,35,36)/t16-,17+,18-,19+,23-,24+/m0/s1. The van der Waals surface area contributed by atoms with Crippen LogP contribution in [-0.2, 0) is 33.4 Å². The van der Waals surface area contributed by atoms with E-state index < -0.39 is 54.0 Å². The van der Waals surface area contributed by atoms with E-state index >= 15 is 0 Å². The monoisotopic (exact) mass is 571 g/mol. The first-order chi connectivity index (χ1) is 18.6. The summed E-state index contributed by atoms with van der Waals surface area (Å²) in [4.78, 5) is 65.4. The largest absolute Gasteiger partial charge is 0.480 e. The minimum atomic E-state index is -1.15. The van der Waals surface area contributed by atoms with Crippen LogP contribution in [0.25, 0.3) is 0 Å². The van der Waals surface area contributed by atoms with E-state index in [-0.39, 0.29) is 36.7 Å². The summed E-state index contributed by atoms with van der Waals surface area (Å²) in [6, 6.07) is -0.828. The smallest absolute Gasteiger partial charge is 0.322 e. The zero-order valence-electron chi connectivity index (χ0n) is 25.2. The number of nitrogens with two attached hydrogens (primary N) is 1. The first kappa shape index (κ1) is 35.3. The average molecular weight is 572 g/mol. The van der Waals surface area contributed by atoms with Crippen molar-refractivity contribution in [2.75, 3.05) is 40.9 Å². The quantitative estimate of drug-likeness (QED) is 0.198. The van der Waals surface area contributed by atoms with Crippen LogP contribution in [0.2, 0.25) is 0 Å². The molecule has 13 heteroatoms. The van der Waals surface area contributed by atoms with Gasteiger partial charge in [0.15, 0.2) is 0 Å². The van der Waals surface area contributed by atoms with Crippen LogP contribution in [0, 0.1) is 11.8 Å². The van der Waals surface area contributed by atoms with Crippen molar-refractivity contribution in [2.45, 2.75) is 90.1 Å². The third-order valence-corrected chi connectivity index (χ3v) is 7.70. The number of rotatable bonds is 16. The van der Waals surface area contributed by atoms with Crippen LogP contribution in [-0.4, -0.2) is 115 Å². The summed E-state index contributed by atoms with van der Waals surface area (Å²) in [5.74, 6) is -3.31. The van der Waals surface area contributed by atoms with Gasteiger partial charge in [0.2, 0.25) is 23.6 Å². The molecular formula is C27H49N5O8. The van der Waals surface area contributed by atoms with Gasteiger partial charge in [-0.15, -0.1) is 0 Å². The molecule has 4 amide bonds. The molecule has 0 aromatic rings. The Labute approximate surface area is 237 Å². The zero-order chi connectivity index (χ0) is 30.8. The Morgan fingerprint density at radius 3 is 2.23 bits per heavy atom. The Morgan fingerprint density at radius 2 is 1.73 bits per heavy atom. The number of methoxy groups -OCH3 is 2. The number of hydrogen-bond donors (Lipinski definition) is 4. The van der Waals surface area contributed by atoms with Gasteiger partial charge >= 0.3 is 5.97 Å². The van der Waals surface area contributed by atoms with Crippen molar-refractivity contribution in [1.29, 1.82) is 0 Å². The third kappa shape index (κ3) is 9.70. The second-order valence-electron chi connectivity index (χ2n) is 11.2. The van der Waals surface area contributed by atoms with Crippen molar-refractivity contribution in [1.82, 2.24) is 20.4 Å². The maximum absolute atomic E-state index is 13.6. The van der Waals surface area contributed by atoms with Gasteiger partial charge in [0.05, 0.1) is 48.7 Å². The highest BCUT2D eigenvalue weighted by Crippen LogP contribution is 2.29. The first-order valence-electron chi connectivity index (χ1n) is 13.8. The molecule has 1 fully saturated rings. The Balaban J connectivity index is 3.05. The highest BCUT2D eigenvalue weighted by atomic mass is 16.5. The number of hydrogen-bond acceptors (Lipinski definition) is 8. The molecule has 1 saturated heterocycles. The minimum Gasteiger partial charge on any atom is -0.480 e. The molecule has 0 radical (unpaired) electrons. The first-order valence-corrected chi connectivity index (χ1v) is 13.8. The highest BCUT2D eigenvalue weighted by Gasteiger charge is 2.42. The van der Waals surface area contributed by atoms with Gasteiger partial charge in [0.25, 0.3) is 0 Å². The lowest BCUT2D eigenvalue weighted by Gasteiger charge is -2.39. The molecular weight excluding hydrogens is 522 g/mol. The molecule has 0 bridgehead atoms. The fourth-order valence-electron chi connectivity index (χ4n) is 5.16. The van der Waals surface area contributed by atoms with Crippen molar-refractivity contribution in [3.63, 3.8) is 0 Å². The average Bonchev–Trinajstić information content (AvgIpc) is 3.38. The number of carbonyl (C=O) groups is 5. The number of ether oxygens (including phenoxy) is 2. The van der Waals surface area contributed by atoms with E-state index in [0.717, 1.165) is 12.8 Å². The fourth-order valence-corrected chi connectivity index (χ4v) is 5.16. The summed E-state index contributed by atoms with van der Waals surface area (Å²) < 4.78 is 11.4. The van der Waals surface area contributed by atoms with Gasteiger partial charge in [-0.05, 0) is 32.6 Å². The lowest BCUT2D eigenvalue weighted by molar-refractivity contribution is -0.146. The minimum absolute atomic E-state index is 0.00214. The van der Waals surface area contributed by atoms with E-state index in [9.17, 15) is 24.0 Å². The maximum atomic E-state index is 13.6. The molecule has 230 valence electrons. The molecule has 40 heavy (non-hydrogen) atoms. The molecule has 0 saturated carbocycles. The zero-order valence-corrected chi connectivity index (χ0v) is 25.2. The summed E-state index contributed by atoms with van der Waals surface area (Å²) in [7, 11) is 4.60. The number of nitrogens with zero attached hydrogens (tertiary/aromatic N) is 2. The van der Waals surface area contributed by atoms with Crippen molar-refractivity contribution in [2.24, 2.45) is 17.6 Å². The van der Waals surface area contributed by atoms with Crippen molar-refractivity contribution in [3.05, 3.63) is 0 Å². The molecule has 6 atom stereocenters. The molecule has 0 aromatic carbocycles. The van der Waals surface area contributed by atoms with Crippen molar-refractivity contribution < 1.29 is 38.6 Å². The lowest BCUT2D eigenvalue weighted by atomic mass is 9.90. The molecule has 1 aliphatic rings. The number of carboxylic acids is 1. The van der Waals surface area contributed by atoms with Crippen LogP contribution in [0.5, 0.6) is 0 Å². The van der Waals surface area contributed by atoms with Crippen LogP contribution in [0.3, 0.4) is 0 Å². The van der Waals surface area contributed by atoms with E-state index in [4.69, 9.17) is 20.3 Å². The van der Waals surface area contributed by atoms with Gasteiger partial charge in [-0.25, -0.2) is 0 Å². The maximum Gasteiger partial charge on any atom is 0.322 e. The van der Waals surface area contributed by atoms with E-state index in [2.05, 4.69) is 10.6 Å². The normalized spacial score (nSPS) is 19.2. The number of amides is 4. The molecule has 1 rings (SSSR count). The molecule has 1 aliphatic heterocycles. The van der Waals surface area contributed by atoms with Gasteiger partial charge in [-0.3, -0.25) is 24.0 Å². The van der Waals surface area contributed by atoms with Gasteiger partial charge < -0.3 is 40.7 Å². The molecule has 0 unspecified atom stereocenters. The summed E-state index contributed by atoms with van der Waals surface area (Å²) in [5.41, 5.74) is 4.68. The Hall–Kier alpha value is -2.77. The predicted octanol–water partition coefficient (Wildman–Crippen LogP) is -0.0390. The second-order valence-corrected chi connectivity index (χ2v) is 11.2. The van der Waals surface area contributed by atoms with Gasteiger partial charge in [-0.1, -0.05) is 27.2 Å². The predicted molar refractivity (Wildman–Crippen MR) is 148 cm³/mol. The van der Waals surface area contributed by atoms with Crippen LogP contribution in [0.1, 0.15) is 60.3 Å². The van der Waals surface area contributed by atoms with Gasteiger partial charge in [-0.2, -0.15) is 0 Å². The highest BCUT2D eigenvalue weighted by molar-refractivity contribution is 5.89. The molecule has 0 spiro atoms. The molecule has 0 aliphatic carbocycles. The summed E-state index contributed by atoms with van der Waals surface area (Å²) in [6.07, 6.45) is 0.810. The van der Waals surface area contributed by atoms with Crippen molar-refractivity contribution >= 4 is 29.6 Å². The van der Waals surface area contributed by atoms with E-state index in [0.29, 0.717) is 13.0 Å². The van der Waals surface area contributed by atoms with E-state index in [1.165, 1.54) is 19.1 Å². The van der Waals surface area contributed by atoms with E-state index in [1.54, 1.807) is 32.7 Å². The van der Waals surface area contributed by atoms with Crippen LogP contribution in [0.4, 0.5) is 0 Å². The lowest BCUT2D eigenvalue weighted by Crippen LogP contribution is -2.55. The fraction of sp³-hybridized carbons (Fsp3) is 0.815. The van der Waals surface area contributed by atoms with Crippen LogP contribution in [0.15, 0.2) is 0 Å². The third-order valence-electron chi connectivity index (χ3n) is 7.70. The molecule has 13 nitrogen and oxygen atoms in total. The number of carbonyl (C=O) groups excluding carboxylic acids is 4.